The van der Waals surface area contributed by atoms with Crippen LogP contribution in [0.2, 0.25) is 0 Å². The van der Waals surface area contributed by atoms with Gasteiger partial charge >= 0.3 is 0 Å². The molecule has 0 bridgehead atoms. The van der Waals surface area contributed by atoms with Crippen LogP contribution in [0.25, 0.3) is 0 Å². The molecule has 2 aromatic carbocycles. The van der Waals surface area contributed by atoms with Gasteiger partial charge in [-0.05, 0) is 48.7 Å². The minimum atomic E-state index is -0.319. The van der Waals surface area contributed by atoms with Gasteiger partial charge in [0.05, 0.1) is 20.1 Å². The molecule has 3 rings (SSSR count). The molecule has 0 aromatic heterocycles. The number of nitrogens with one attached hydrogen (secondary N) is 1. The maximum atomic E-state index is 14.1. The molecule has 0 unspecified atom stereocenters. The van der Waals surface area contributed by atoms with Crippen molar-refractivity contribution < 1.29 is 18.7 Å². The summed E-state index contributed by atoms with van der Waals surface area (Å²) in [6.07, 6.45) is 2.79. The first kappa shape index (κ1) is 19.9. The quantitative estimate of drug-likeness (QED) is 0.701. The molecule has 1 heterocycles. The van der Waals surface area contributed by atoms with Gasteiger partial charge < -0.3 is 14.8 Å². The van der Waals surface area contributed by atoms with Crippen molar-refractivity contribution in [3.8, 4) is 11.5 Å². The van der Waals surface area contributed by atoms with Crippen LogP contribution in [-0.2, 0) is 13.0 Å². The second-order valence-corrected chi connectivity index (χ2v) is 6.74. The van der Waals surface area contributed by atoms with E-state index in [0.29, 0.717) is 42.0 Å². The van der Waals surface area contributed by atoms with Crippen molar-refractivity contribution in [1.82, 2.24) is 5.32 Å². The minimum absolute atomic E-state index is 0.0266. The fraction of sp³-hybridized carbons (Fsp3) is 0.364. The number of benzene rings is 2. The fourth-order valence-corrected chi connectivity index (χ4v) is 3.18. The molecule has 0 spiro atoms. The third-order valence-electron chi connectivity index (χ3n) is 4.78. The fourth-order valence-electron chi connectivity index (χ4n) is 3.18. The molecular weight excluding hydrogens is 359 g/mol. The topological polar surface area (TPSA) is 59.9 Å². The van der Waals surface area contributed by atoms with Crippen molar-refractivity contribution in [1.29, 1.82) is 0 Å². The number of aryl methyl sites for hydroxylation is 1. The van der Waals surface area contributed by atoms with Crippen molar-refractivity contribution in [3.63, 3.8) is 0 Å². The zero-order chi connectivity index (χ0) is 19.9. The molecule has 6 heteroatoms. The predicted molar refractivity (Wildman–Crippen MR) is 107 cm³/mol. The van der Waals surface area contributed by atoms with Gasteiger partial charge in [-0.25, -0.2) is 4.39 Å². The lowest BCUT2D eigenvalue weighted by molar-refractivity contribution is 0.0982. The van der Waals surface area contributed by atoms with Gasteiger partial charge in [0.2, 0.25) is 0 Å². The summed E-state index contributed by atoms with van der Waals surface area (Å²) in [4.78, 5) is 16.9. The van der Waals surface area contributed by atoms with Gasteiger partial charge in [0.15, 0.2) is 5.78 Å². The number of amidine groups is 1. The van der Waals surface area contributed by atoms with Crippen LogP contribution in [-0.4, -0.2) is 32.4 Å². The normalized spacial score (nSPS) is 13.2. The monoisotopic (exact) mass is 384 g/mol. The maximum absolute atomic E-state index is 14.1. The Morgan fingerprint density at radius 2 is 1.89 bits per heavy atom. The van der Waals surface area contributed by atoms with E-state index in [2.05, 4.69) is 10.3 Å². The second kappa shape index (κ2) is 9.35. The average molecular weight is 384 g/mol. The molecular formula is C22H25FN2O3. The molecule has 0 radical (unpaired) electrons. The zero-order valence-corrected chi connectivity index (χ0v) is 16.3. The van der Waals surface area contributed by atoms with Crippen molar-refractivity contribution in [2.24, 2.45) is 4.99 Å². The maximum Gasteiger partial charge on any atom is 0.163 e. The number of hydrogen-bond donors (Lipinski definition) is 1. The van der Waals surface area contributed by atoms with Crippen LogP contribution in [0.3, 0.4) is 0 Å². The first-order valence-corrected chi connectivity index (χ1v) is 9.40. The van der Waals surface area contributed by atoms with E-state index in [9.17, 15) is 9.18 Å². The van der Waals surface area contributed by atoms with E-state index < -0.39 is 0 Å². The molecule has 5 nitrogen and oxygen atoms in total. The largest absolute Gasteiger partial charge is 0.497 e. The van der Waals surface area contributed by atoms with Crippen LogP contribution in [0.5, 0.6) is 11.5 Å². The Bertz CT molecular complexity index is 858. The number of rotatable bonds is 8. The Hall–Kier alpha value is -2.89. The molecule has 2 aromatic rings. The number of carbonyl (C=O) groups excluding carboxylic acids is 1. The predicted octanol–water partition coefficient (Wildman–Crippen LogP) is 3.94. The summed E-state index contributed by atoms with van der Waals surface area (Å²) in [6.45, 7) is 1.15. The van der Waals surface area contributed by atoms with Crippen LogP contribution < -0.4 is 14.8 Å². The van der Waals surface area contributed by atoms with Crippen LogP contribution in [0.1, 0.15) is 40.7 Å². The highest BCUT2D eigenvalue weighted by molar-refractivity contribution is 5.96. The van der Waals surface area contributed by atoms with Gasteiger partial charge in [-0.15, -0.1) is 0 Å². The van der Waals surface area contributed by atoms with Gasteiger partial charge in [0, 0.05) is 43.1 Å². The molecule has 0 saturated heterocycles. The first-order chi connectivity index (χ1) is 13.6. The number of halogens is 1. The summed E-state index contributed by atoms with van der Waals surface area (Å²) < 4.78 is 24.6. The lowest BCUT2D eigenvalue weighted by Gasteiger charge is -2.10. The summed E-state index contributed by atoms with van der Waals surface area (Å²) >= 11 is 0. The number of methoxy groups -OCH3 is 2. The molecule has 0 atom stereocenters. The van der Waals surface area contributed by atoms with Gasteiger partial charge in [-0.2, -0.15) is 0 Å². The van der Waals surface area contributed by atoms with Crippen LogP contribution in [0.15, 0.2) is 41.4 Å². The molecule has 28 heavy (non-hydrogen) atoms. The molecule has 1 aliphatic rings. The lowest BCUT2D eigenvalue weighted by Crippen LogP contribution is -2.21. The van der Waals surface area contributed by atoms with E-state index >= 15 is 0 Å². The number of hydrogen-bond acceptors (Lipinski definition) is 5. The van der Waals surface area contributed by atoms with E-state index in [1.807, 2.05) is 12.1 Å². The Balaban J connectivity index is 1.64. The second-order valence-electron chi connectivity index (χ2n) is 6.74. The van der Waals surface area contributed by atoms with Crippen molar-refractivity contribution >= 4 is 11.6 Å². The summed E-state index contributed by atoms with van der Waals surface area (Å²) in [5, 5.41) is 3.16. The summed E-state index contributed by atoms with van der Waals surface area (Å²) in [5.41, 5.74) is 1.94. The van der Waals surface area contributed by atoms with E-state index in [0.717, 1.165) is 30.8 Å². The molecule has 1 N–H and O–H groups in total. The highest BCUT2D eigenvalue weighted by Gasteiger charge is 2.12. The molecule has 1 aliphatic heterocycles. The van der Waals surface area contributed by atoms with Crippen LogP contribution in [0, 0.1) is 5.82 Å². The van der Waals surface area contributed by atoms with E-state index in [-0.39, 0.29) is 11.6 Å². The number of carbonyl (C=O) groups is 1. The first-order valence-electron chi connectivity index (χ1n) is 9.40. The molecule has 148 valence electrons. The van der Waals surface area contributed by atoms with Gasteiger partial charge in [0.1, 0.15) is 17.3 Å². The SMILES string of the molecule is COc1cc(CCC(=O)c2ccc(F)c(CNC3=NCCC3)c2)cc(OC)c1. The lowest BCUT2D eigenvalue weighted by atomic mass is 10.0. The zero-order valence-electron chi connectivity index (χ0n) is 16.3. The van der Waals surface area contributed by atoms with Crippen molar-refractivity contribution in [3.05, 3.63) is 58.9 Å². The third-order valence-corrected chi connectivity index (χ3v) is 4.78. The number of Topliss-reactive ketones (excluding diaryl/α,β-unsaturated/α-hetero) is 1. The Morgan fingerprint density at radius 1 is 1.14 bits per heavy atom. The number of nitrogens with zero attached hydrogens (tertiary/aromatic N) is 1. The average Bonchev–Trinajstić information content (AvgIpc) is 3.24. The highest BCUT2D eigenvalue weighted by Crippen LogP contribution is 2.24. The van der Waals surface area contributed by atoms with E-state index in [1.165, 1.54) is 6.07 Å². The summed E-state index contributed by atoms with van der Waals surface area (Å²) in [5.74, 6) is 1.93. The standard InChI is InChI=1S/C22H25FN2O3/c1-27-18-10-15(11-19(13-18)28-2)5-8-21(26)16-6-7-20(23)17(12-16)14-25-22-4-3-9-24-22/h6-7,10-13H,3-5,8-9,14H2,1-2H3,(H,24,25). The summed E-state index contributed by atoms with van der Waals surface area (Å²) in [6, 6.07) is 10.1. The molecule has 0 amide bonds. The summed E-state index contributed by atoms with van der Waals surface area (Å²) in [7, 11) is 3.18. The number of ether oxygens (including phenoxy) is 2. The van der Waals surface area contributed by atoms with Gasteiger partial charge in [-0.1, -0.05) is 0 Å². The van der Waals surface area contributed by atoms with Gasteiger partial charge in [0.25, 0.3) is 0 Å². The number of ketones is 1. The minimum Gasteiger partial charge on any atom is -0.497 e. The van der Waals surface area contributed by atoms with E-state index in [4.69, 9.17) is 9.47 Å². The Kier molecular flexibility index (Phi) is 6.63. The Labute approximate surface area is 164 Å². The van der Waals surface area contributed by atoms with E-state index in [1.54, 1.807) is 32.4 Å². The van der Waals surface area contributed by atoms with Crippen molar-refractivity contribution in [2.75, 3.05) is 20.8 Å². The molecule has 0 saturated carbocycles. The van der Waals surface area contributed by atoms with Crippen molar-refractivity contribution in [2.45, 2.75) is 32.2 Å². The smallest absolute Gasteiger partial charge is 0.163 e. The van der Waals surface area contributed by atoms with Gasteiger partial charge in [-0.3, -0.25) is 9.79 Å². The molecule has 0 aliphatic carbocycles. The van der Waals surface area contributed by atoms with Crippen LogP contribution >= 0.6 is 0 Å². The Morgan fingerprint density at radius 3 is 2.54 bits per heavy atom. The number of aliphatic imine (C=N–C) groups is 1. The third kappa shape index (κ3) is 5.09. The van der Waals surface area contributed by atoms with Crippen LogP contribution in [0.4, 0.5) is 4.39 Å². The molecule has 0 fully saturated rings. The highest BCUT2D eigenvalue weighted by atomic mass is 19.1.